The van der Waals surface area contributed by atoms with Crippen molar-refractivity contribution in [1.82, 2.24) is 9.55 Å². The zero-order valence-electron chi connectivity index (χ0n) is 18.2. The van der Waals surface area contributed by atoms with Gasteiger partial charge in [-0.3, -0.25) is 14.2 Å². The number of aromatic nitrogens is 2. The second kappa shape index (κ2) is 8.16. The highest BCUT2D eigenvalue weighted by atomic mass is 32.1. The third-order valence-electron chi connectivity index (χ3n) is 6.40. The molecule has 0 radical (unpaired) electrons. The van der Waals surface area contributed by atoms with E-state index in [9.17, 15) is 14.4 Å². The van der Waals surface area contributed by atoms with Gasteiger partial charge in [-0.25, -0.2) is 9.78 Å². The highest BCUT2D eigenvalue weighted by Gasteiger charge is 2.31. The second-order valence-electron chi connectivity index (χ2n) is 8.55. The number of nitrogens with zero attached hydrogens (tertiary/aromatic N) is 3. The van der Waals surface area contributed by atoms with Gasteiger partial charge in [0.1, 0.15) is 15.5 Å². The van der Waals surface area contributed by atoms with Crippen LogP contribution in [0.3, 0.4) is 0 Å². The number of amides is 1. The molecule has 1 unspecified atom stereocenters. The summed E-state index contributed by atoms with van der Waals surface area (Å²) in [6, 6.07) is 7.80. The Morgan fingerprint density at radius 1 is 1.22 bits per heavy atom. The summed E-state index contributed by atoms with van der Waals surface area (Å²) in [5, 5.41) is 0.487. The zero-order chi connectivity index (χ0) is 22.4. The summed E-state index contributed by atoms with van der Waals surface area (Å²) >= 11 is 1.17. The molecule has 2 aliphatic rings. The summed E-state index contributed by atoms with van der Waals surface area (Å²) in [5.74, 6) is -0.0453. The smallest absolute Gasteiger partial charge is 0.349 e. The number of hydrogen-bond acceptors (Lipinski definition) is 6. The van der Waals surface area contributed by atoms with Crippen LogP contribution in [0.15, 0.2) is 29.1 Å². The largest absolute Gasteiger partial charge is 0.451 e. The van der Waals surface area contributed by atoms with Crippen LogP contribution in [0.1, 0.15) is 52.8 Å². The number of esters is 1. The van der Waals surface area contributed by atoms with Gasteiger partial charge in [0.05, 0.1) is 5.39 Å². The minimum Gasteiger partial charge on any atom is -0.451 e. The Kier molecular flexibility index (Phi) is 5.33. The Balaban J connectivity index is 1.38. The number of carbonyl (C=O) groups is 2. The van der Waals surface area contributed by atoms with E-state index in [1.807, 2.05) is 31.2 Å². The van der Waals surface area contributed by atoms with E-state index in [-0.39, 0.29) is 24.1 Å². The molecular weight excluding hydrogens is 426 g/mol. The second-order valence-corrected chi connectivity index (χ2v) is 9.55. The fraction of sp³-hybridized carbons (Fsp3) is 0.417. The molecule has 1 aromatic carbocycles. The van der Waals surface area contributed by atoms with Gasteiger partial charge in [0.2, 0.25) is 0 Å². The first kappa shape index (κ1) is 20.9. The van der Waals surface area contributed by atoms with Crippen LogP contribution in [0, 0.1) is 6.92 Å². The SMILES string of the molecule is Cc1c(C(=O)OCC(=O)N2c3ccccc3CC2C)sc2nc3n(c(=O)c12)CCCCC3. The van der Waals surface area contributed by atoms with E-state index in [0.717, 1.165) is 49.2 Å². The molecule has 2 aliphatic heterocycles. The van der Waals surface area contributed by atoms with Crippen molar-refractivity contribution in [2.75, 3.05) is 11.5 Å². The maximum Gasteiger partial charge on any atom is 0.349 e. The molecule has 0 spiro atoms. The van der Waals surface area contributed by atoms with Crippen LogP contribution < -0.4 is 10.5 Å². The highest BCUT2D eigenvalue weighted by molar-refractivity contribution is 7.20. The van der Waals surface area contributed by atoms with Gasteiger partial charge in [-0.1, -0.05) is 24.6 Å². The van der Waals surface area contributed by atoms with Crippen molar-refractivity contribution in [2.45, 2.75) is 58.5 Å². The van der Waals surface area contributed by atoms with Crippen molar-refractivity contribution in [3.8, 4) is 0 Å². The van der Waals surface area contributed by atoms with Crippen LogP contribution in [0.25, 0.3) is 10.2 Å². The number of ether oxygens (including phenoxy) is 1. The molecule has 32 heavy (non-hydrogen) atoms. The molecule has 1 amide bonds. The van der Waals surface area contributed by atoms with E-state index in [1.165, 1.54) is 11.3 Å². The molecule has 3 aromatic rings. The van der Waals surface area contributed by atoms with Crippen LogP contribution in [0.4, 0.5) is 5.69 Å². The molecule has 7 nitrogen and oxygen atoms in total. The van der Waals surface area contributed by atoms with E-state index < -0.39 is 5.97 Å². The number of fused-ring (bicyclic) bond motifs is 3. The van der Waals surface area contributed by atoms with Crippen LogP contribution in [0.5, 0.6) is 0 Å². The first-order valence-corrected chi connectivity index (χ1v) is 11.9. The number of thiophene rings is 1. The van der Waals surface area contributed by atoms with Gasteiger partial charge in [-0.2, -0.15) is 0 Å². The van der Waals surface area contributed by atoms with Crippen molar-refractivity contribution < 1.29 is 14.3 Å². The molecule has 0 saturated carbocycles. The molecule has 0 bridgehead atoms. The van der Waals surface area contributed by atoms with Crippen LogP contribution in [0.2, 0.25) is 0 Å². The molecule has 166 valence electrons. The molecule has 4 heterocycles. The van der Waals surface area contributed by atoms with Crippen LogP contribution >= 0.6 is 11.3 Å². The Morgan fingerprint density at radius 2 is 2.03 bits per heavy atom. The Hall–Kier alpha value is -3.00. The maximum atomic E-state index is 13.1. The number of rotatable bonds is 3. The first-order valence-electron chi connectivity index (χ1n) is 11.1. The number of para-hydroxylation sites is 1. The van der Waals surface area contributed by atoms with Crippen molar-refractivity contribution in [2.24, 2.45) is 0 Å². The van der Waals surface area contributed by atoms with E-state index in [1.54, 1.807) is 16.4 Å². The Morgan fingerprint density at radius 3 is 2.88 bits per heavy atom. The molecule has 0 saturated heterocycles. The molecule has 2 aromatic heterocycles. The average Bonchev–Trinajstić information content (AvgIpc) is 3.17. The topological polar surface area (TPSA) is 81.5 Å². The minimum atomic E-state index is -0.585. The number of anilines is 1. The standard InChI is InChI=1S/C24H25N3O4S/c1-14-12-16-8-5-6-9-17(16)27(14)19(28)13-31-24(30)21-15(2)20-22(32-21)25-18-10-4-3-7-11-26(18)23(20)29/h5-6,8-9,14H,3-4,7,10-13H2,1-2H3. The summed E-state index contributed by atoms with van der Waals surface area (Å²) in [5.41, 5.74) is 2.49. The van der Waals surface area contributed by atoms with Crippen molar-refractivity contribution >= 4 is 39.1 Å². The van der Waals surface area contributed by atoms with E-state index in [2.05, 4.69) is 0 Å². The average molecular weight is 452 g/mol. The number of aryl methyl sites for hydroxylation is 2. The predicted molar refractivity (Wildman–Crippen MR) is 124 cm³/mol. The third-order valence-corrected chi connectivity index (χ3v) is 7.57. The van der Waals surface area contributed by atoms with E-state index in [0.29, 0.717) is 27.2 Å². The molecule has 0 fully saturated rings. The number of hydrogen-bond donors (Lipinski definition) is 0. The van der Waals surface area contributed by atoms with Gasteiger partial charge >= 0.3 is 5.97 Å². The Labute approximate surface area is 189 Å². The lowest BCUT2D eigenvalue weighted by Crippen LogP contribution is -2.38. The zero-order valence-corrected chi connectivity index (χ0v) is 19.0. The fourth-order valence-corrected chi connectivity index (χ4v) is 5.90. The molecule has 1 atom stereocenters. The quantitative estimate of drug-likeness (QED) is 0.568. The third kappa shape index (κ3) is 3.43. The molecule has 0 N–H and O–H groups in total. The fourth-order valence-electron chi connectivity index (χ4n) is 4.81. The highest BCUT2D eigenvalue weighted by Crippen LogP contribution is 2.32. The summed E-state index contributed by atoms with van der Waals surface area (Å²) in [6.45, 7) is 4.06. The lowest BCUT2D eigenvalue weighted by Gasteiger charge is -2.22. The van der Waals surface area contributed by atoms with E-state index >= 15 is 0 Å². The summed E-state index contributed by atoms with van der Waals surface area (Å²) in [7, 11) is 0. The lowest BCUT2D eigenvalue weighted by molar-refractivity contribution is -0.122. The first-order chi connectivity index (χ1) is 15.5. The number of benzene rings is 1. The normalized spacial score (nSPS) is 17.7. The number of carbonyl (C=O) groups excluding carboxylic acids is 2. The van der Waals surface area contributed by atoms with Gasteiger partial charge in [0.15, 0.2) is 6.61 Å². The maximum absolute atomic E-state index is 13.1. The monoisotopic (exact) mass is 451 g/mol. The van der Waals surface area contributed by atoms with Crippen LogP contribution in [-0.2, 0) is 28.9 Å². The summed E-state index contributed by atoms with van der Waals surface area (Å²) < 4.78 is 7.15. The Bertz CT molecular complexity index is 1290. The van der Waals surface area contributed by atoms with E-state index in [4.69, 9.17) is 9.72 Å². The van der Waals surface area contributed by atoms with Crippen molar-refractivity contribution in [1.29, 1.82) is 0 Å². The van der Waals surface area contributed by atoms with Gasteiger partial charge in [-0.05, 0) is 50.3 Å². The molecule has 8 heteroatoms. The lowest BCUT2D eigenvalue weighted by atomic mass is 10.1. The molecule has 5 rings (SSSR count). The van der Waals surface area contributed by atoms with Gasteiger partial charge in [0.25, 0.3) is 11.5 Å². The van der Waals surface area contributed by atoms with Crippen molar-refractivity contribution in [3.05, 3.63) is 56.4 Å². The molecule has 0 aliphatic carbocycles. The summed E-state index contributed by atoms with van der Waals surface area (Å²) in [4.78, 5) is 46.1. The van der Waals surface area contributed by atoms with Crippen molar-refractivity contribution in [3.63, 3.8) is 0 Å². The minimum absolute atomic E-state index is 0.0179. The van der Waals surface area contributed by atoms with Crippen LogP contribution in [-0.4, -0.2) is 34.1 Å². The summed E-state index contributed by atoms with van der Waals surface area (Å²) in [6.07, 6.45) is 4.61. The van der Waals surface area contributed by atoms with Gasteiger partial charge in [-0.15, -0.1) is 11.3 Å². The molecular formula is C24H25N3O4S. The van der Waals surface area contributed by atoms with Gasteiger partial charge < -0.3 is 9.64 Å². The van der Waals surface area contributed by atoms with Gasteiger partial charge in [0, 0.05) is 24.7 Å². The predicted octanol–water partition coefficient (Wildman–Crippen LogP) is 3.63.